The zero-order valence-corrected chi connectivity index (χ0v) is 14.6. The van der Waals surface area contributed by atoms with Crippen LogP contribution in [0.5, 0.6) is 0 Å². The largest absolute Gasteiger partial charge is 0.439 e. The molecule has 2 saturated heterocycles. The van der Waals surface area contributed by atoms with Crippen LogP contribution in [0.2, 0.25) is 0 Å². The number of para-hydroxylation sites is 1. The van der Waals surface area contributed by atoms with Gasteiger partial charge in [-0.05, 0) is 12.1 Å². The fourth-order valence-corrected chi connectivity index (χ4v) is 3.70. The number of fused-ring (bicyclic) bond motifs is 1. The number of rotatable bonds is 3. The van der Waals surface area contributed by atoms with Crippen molar-refractivity contribution in [2.75, 3.05) is 26.7 Å². The molecule has 26 heavy (non-hydrogen) atoms. The number of ether oxygens (including phenoxy) is 1. The van der Waals surface area contributed by atoms with E-state index in [2.05, 4.69) is 4.98 Å². The summed E-state index contributed by atoms with van der Waals surface area (Å²) in [5, 5.41) is 0.545. The summed E-state index contributed by atoms with van der Waals surface area (Å²) in [5.74, 6) is -0.0486. The molecule has 4 rings (SSSR count). The number of aromatic nitrogens is 2. The Balaban J connectivity index is 1.41. The van der Waals surface area contributed by atoms with Crippen molar-refractivity contribution >= 4 is 22.9 Å². The fourth-order valence-electron chi connectivity index (χ4n) is 3.70. The van der Waals surface area contributed by atoms with Crippen molar-refractivity contribution in [1.82, 2.24) is 19.4 Å². The summed E-state index contributed by atoms with van der Waals surface area (Å²) in [6.45, 7) is 1.75. The zero-order valence-electron chi connectivity index (χ0n) is 14.6. The molecular weight excluding hydrogens is 336 g/mol. The van der Waals surface area contributed by atoms with Crippen LogP contribution in [-0.2, 0) is 16.1 Å². The Morgan fingerprint density at radius 2 is 2.08 bits per heavy atom. The van der Waals surface area contributed by atoms with Crippen LogP contribution in [0.15, 0.2) is 35.4 Å². The molecule has 2 fully saturated rings. The molecule has 136 valence electrons. The highest BCUT2D eigenvalue weighted by Gasteiger charge is 2.49. The van der Waals surface area contributed by atoms with Gasteiger partial charge in [0.15, 0.2) is 5.60 Å². The summed E-state index contributed by atoms with van der Waals surface area (Å²) in [4.78, 5) is 44.1. The number of nitrogens with zero attached hydrogens (tertiary/aromatic N) is 4. The average Bonchev–Trinajstić information content (AvgIpc) is 3.17. The Hall–Kier alpha value is -2.90. The summed E-state index contributed by atoms with van der Waals surface area (Å²) in [5.41, 5.74) is -0.0793. The maximum absolute atomic E-state index is 12.5. The minimum absolute atomic E-state index is 0.0486. The number of amides is 2. The number of likely N-dealkylation sites (N-methyl/N-ethyl adjacent to an activating group) is 1. The molecule has 0 unspecified atom stereocenters. The quantitative estimate of drug-likeness (QED) is 0.814. The summed E-state index contributed by atoms with van der Waals surface area (Å²) in [6.07, 6.45) is 2.00. The molecular formula is C18H20N4O4. The van der Waals surface area contributed by atoms with E-state index in [1.807, 2.05) is 6.07 Å². The van der Waals surface area contributed by atoms with Crippen LogP contribution in [0.3, 0.4) is 0 Å². The maximum Gasteiger partial charge on any atom is 0.410 e. The number of hydrogen-bond acceptors (Lipinski definition) is 5. The van der Waals surface area contributed by atoms with Crippen molar-refractivity contribution in [1.29, 1.82) is 0 Å². The van der Waals surface area contributed by atoms with Crippen molar-refractivity contribution in [3.63, 3.8) is 0 Å². The molecule has 2 aromatic rings. The van der Waals surface area contributed by atoms with E-state index in [1.54, 1.807) is 30.1 Å². The number of benzene rings is 1. The molecule has 0 bridgehead atoms. The molecule has 8 heteroatoms. The standard InChI is InChI=1S/C18H20N4O4/c1-20-10-18(26-17(20)25)7-9-21(11-18)15(23)6-8-22-12-19-14-5-3-2-4-13(14)16(22)24/h2-5,12H,6-11H2,1H3/t18-/m1/s1. The molecule has 2 aliphatic rings. The van der Waals surface area contributed by atoms with Crippen LogP contribution >= 0.6 is 0 Å². The van der Waals surface area contributed by atoms with Gasteiger partial charge in [0.2, 0.25) is 5.91 Å². The Morgan fingerprint density at radius 1 is 1.27 bits per heavy atom. The van der Waals surface area contributed by atoms with Gasteiger partial charge < -0.3 is 14.5 Å². The molecule has 3 heterocycles. The normalized spacial score (nSPS) is 22.4. The van der Waals surface area contributed by atoms with E-state index in [0.717, 1.165) is 0 Å². The van der Waals surface area contributed by atoms with Gasteiger partial charge >= 0.3 is 6.09 Å². The molecule has 2 amide bonds. The number of carbonyl (C=O) groups excluding carboxylic acids is 2. The first-order chi connectivity index (χ1) is 12.5. The van der Waals surface area contributed by atoms with Gasteiger partial charge in [-0.2, -0.15) is 0 Å². The van der Waals surface area contributed by atoms with E-state index in [-0.39, 0.29) is 30.5 Å². The van der Waals surface area contributed by atoms with Crippen LogP contribution in [0.4, 0.5) is 4.79 Å². The average molecular weight is 356 g/mol. The van der Waals surface area contributed by atoms with Crippen molar-refractivity contribution in [2.45, 2.75) is 25.0 Å². The van der Waals surface area contributed by atoms with Crippen LogP contribution in [0.1, 0.15) is 12.8 Å². The van der Waals surface area contributed by atoms with Gasteiger partial charge in [0.25, 0.3) is 5.56 Å². The highest BCUT2D eigenvalue weighted by molar-refractivity contribution is 5.78. The van der Waals surface area contributed by atoms with Crippen molar-refractivity contribution in [2.24, 2.45) is 0 Å². The molecule has 8 nitrogen and oxygen atoms in total. The fraction of sp³-hybridized carbons (Fsp3) is 0.444. The van der Waals surface area contributed by atoms with Crippen LogP contribution in [0.25, 0.3) is 10.9 Å². The summed E-state index contributed by atoms with van der Waals surface area (Å²) in [6, 6.07) is 7.15. The minimum Gasteiger partial charge on any atom is -0.439 e. The highest BCUT2D eigenvalue weighted by atomic mass is 16.6. The molecule has 0 aliphatic carbocycles. The SMILES string of the molecule is CN1C[C@@]2(CCN(C(=O)CCn3cnc4ccccc4c3=O)C2)OC1=O. The Labute approximate surface area is 150 Å². The second-order valence-corrected chi connectivity index (χ2v) is 6.98. The molecule has 1 aromatic carbocycles. The topological polar surface area (TPSA) is 84.7 Å². The third-order valence-electron chi connectivity index (χ3n) is 5.11. The Bertz CT molecular complexity index is 940. The molecule has 0 radical (unpaired) electrons. The third-order valence-corrected chi connectivity index (χ3v) is 5.11. The molecule has 1 aromatic heterocycles. The van der Waals surface area contributed by atoms with E-state index in [1.165, 1.54) is 15.8 Å². The predicted octanol–water partition coefficient (Wildman–Crippen LogP) is 0.840. The van der Waals surface area contributed by atoms with Gasteiger partial charge in [0, 0.05) is 33.0 Å². The van der Waals surface area contributed by atoms with Crippen molar-refractivity contribution in [3.8, 4) is 0 Å². The lowest BCUT2D eigenvalue weighted by Crippen LogP contribution is -2.39. The lowest BCUT2D eigenvalue weighted by atomic mass is 10.0. The van der Waals surface area contributed by atoms with E-state index in [0.29, 0.717) is 37.0 Å². The van der Waals surface area contributed by atoms with E-state index in [4.69, 9.17) is 4.74 Å². The number of carbonyl (C=O) groups is 2. The van der Waals surface area contributed by atoms with Gasteiger partial charge in [-0.3, -0.25) is 14.2 Å². The Kier molecular flexibility index (Phi) is 3.90. The molecule has 2 aliphatic heterocycles. The monoisotopic (exact) mass is 356 g/mol. The van der Waals surface area contributed by atoms with Gasteiger partial charge in [0.05, 0.1) is 30.3 Å². The van der Waals surface area contributed by atoms with Crippen molar-refractivity contribution in [3.05, 3.63) is 40.9 Å². The lowest BCUT2D eigenvalue weighted by molar-refractivity contribution is -0.131. The third kappa shape index (κ3) is 2.81. The van der Waals surface area contributed by atoms with Gasteiger partial charge in [0.1, 0.15) is 0 Å². The number of aryl methyl sites for hydroxylation is 1. The molecule has 0 saturated carbocycles. The first kappa shape index (κ1) is 16.6. The highest BCUT2D eigenvalue weighted by Crippen LogP contribution is 2.31. The van der Waals surface area contributed by atoms with E-state index < -0.39 is 5.60 Å². The van der Waals surface area contributed by atoms with E-state index in [9.17, 15) is 14.4 Å². The summed E-state index contributed by atoms with van der Waals surface area (Å²) >= 11 is 0. The number of hydrogen-bond donors (Lipinski definition) is 0. The van der Waals surface area contributed by atoms with Gasteiger partial charge in [-0.1, -0.05) is 12.1 Å². The first-order valence-electron chi connectivity index (χ1n) is 8.64. The van der Waals surface area contributed by atoms with E-state index >= 15 is 0 Å². The number of likely N-dealkylation sites (tertiary alicyclic amines) is 1. The Morgan fingerprint density at radius 3 is 2.85 bits per heavy atom. The lowest BCUT2D eigenvalue weighted by Gasteiger charge is -2.21. The molecule has 1 spiro atoms. The summed E-state index contributed by atoms with van der Waals surface area (Å²) in [7, 11) is 1.70. The second-order valence-electron chi connectivity index (χ2n) is 6.98. The maximum atomic E-state index is 12.5. The van der Waals surface area contributed by atoms with Crippen LogP contribution < -0.4 is 5.56 Å². The van der Waals surface area contributed by atoms with Crippen LogP contribution in [0, 0.1) is 0 Å². The summed E-state index contributed by atoms with van der Waals surface area (Å²) < 4.78 is 6.93. The van der Waals surface area contributed by atoms with Crippen LogP contribution in [-0.4, -0.2) is 63.6 Å². The van der Waals surface area contributed by atoms with Gasteiger partial charge in [-0.15, -0.1) is 0 Å². The van der Waals surface area contributed by atoms with Gasteiger partial charge in [-0.25, -0.2) is 9.78 Å². The zero-order chi connectivity index (χ0) is 18.3. The predicted molar refractivity (Wildman–Crippen MR) is 93.7 cm³/mol. The smallest absolute Gasteiger partial charge is 0.410 e. The molecule has 1 atom stereocenters. The molecule has 0 N–H and O–H groups in total. The first-order valence-corrected chi connectivity index (χ1v) is 8.64. The minimum atomic E-state index is -0.581. The second kappa shape index (κ2) is 6.12. The van der Waals surface area contributed by atoms with Crippen molar-refractivity contribution < 1.29 is 14.3 Å².